The van der Waals surface area contributed by atoms with Gasteiger partial charge >= 0.3 is 18.1 Å². The molecule has 1 aliphatic rings. The third kappa shape index (κ3) is 2.92. The van der Waals surface area contributed by atoms with E-state index >= 15 is 0 Å². The molecule has 2 rings (SSSR count). The molecule has 0 heterocycles. The predicted octanol–water partition coefficient (Wildman–Crippen LogP) is 2.69. The van der Waals surface area contributed by atoms with Gasteiger partial charge in [-0.15, -0.1) is 0 Å². The van der Waals surface area contributed by atoms with Crippen molar-refractivity contribution in [3.05, 3.63) is 29.3 Å². The maximum absolute atomic E-state index is 12.2. The number of halogens is 3. The molecular weight excluding hydrogens is 275 g/mol. The topological polar surface area (TPSA) is 66.4 Å². The number of carboxylic acids is 1. The number of aryl methyl sites for hydroxylation is 1. The van der Waals surface area contributed by atoms with Gasteiger partial charge in [0.15, 0.2) is 0 Å². The molecule has 1 aliphatic carbocycles. The van der Waals surface area contributed by atoms with Gasteiger partial charge in [0.2, 0.25) is 0 Å². The summed E-state index contributed by atoms with van der Waals surface area (Å²) < 4.78 is 36.5. The molecule has 4 nitrogen and oxygen atoms in total. The van der Waals surface area contributed by atoms with Gasteiger partial charge in [0.05, 0.1) is 5.92 Å². The SMILES string of the molecule is O=C(O)C1CCCc2cc(NC(=O)C(F)(F)F)ccc21. The predicted molar refractivity (Wildman–Crippen MR) is 64.4 cm³/mol. The Morgan fingerprint density at radius 3 is 2.60 bits per heavy atom. The number of fused-ring (bicyclic) bond motifs is 1. The second-order valence-corrected chi connectivity index (χ2v) is 4.65. The molecule has 0 radical (unpaired) electrons. The van der Waals surface area contributed by atoms with Gasteiger partial charge in [-0.1, -0.05) is 6.07 Å². The highest BCUT2D eigenvalue weighted by Gasteiger charge is 2.38. The number of nitrogens with one attached hydrogen (secondary N) is 1. The lowest BCUT2D eigenvalue weighted by molar-refractivity contribution is -0.167. The Bertz CT molecular complexity index is 554. The average molecular weight is 287 g/mol. The van der Waals surface area contributed by atoms with Crippen molar-refractivity contribution in [2.45, 2.75) is 31.4 Å². The van der Waals surface area contributed by atoms with E-state index in [9.17, 15) is 22.8 Å². The number of anilines is 1. The first-order valence-electron chi connectivity index (χ1n) is 6.03. The monoisotopic (exact) mass is 287 g/mol. The van der Waals surface area contributed by atoms with Crippen molar-refractivity contribution in [3.8, 4) is 0 Å². The molecule has 1 unspecified atom stereocenters. The minimum absolute atomic E-state index is 0.0251. The minimum atomic E-state index is -4.94. The van der Waals surface area contributed by atoms with Gasteiger partial charge in [-0.3, -0.25) is 9.59 Å². The molecule has 1 aromatic rings. The molecule has 2 N–H and O–H groups in total. The molecule has 1 aromatic carbocycles. The highest BCUT2D eigenvalue weighted by Crippen LogP contribution is 2.33. The molecule has 20 heavy (non-hydrogen) atoms. The van der Waals surface area contributed by atoms with Crippen LogP contribution in [0.2, 0.25) is 0 Å². The molecule has 0 bridgehead atoms. The third-order valence-corrected chi connectivity index (χ3v) is 3.27. The maximum atomic E-state index is 12.2. The molecule has 1 amide bonds. The van der Waals surface area contributed by atoms with Crippen molar-refractivity contribution in [2.24, 2.45) is 0 Å². The number of rotatable bonds is 2. The van der Waals surface area contributed by atoms with Gasteiger partial charge in [0.25, 0.3) is 0 Å². The van der Waals surface area contributed by atoms with Gasteiger partial charge in [0.1, 0.15) is 0 Å². The van der Waals surface area contributed by atoms with Crippen molar-refractivity contribution in [1.29, 1.82) is 0 Å². The summed E-state index contributed by atoms with van der Waals surface area (Å²) >= 11 is 0. The van der Waals surface area contributed by atoms with Crippen molar-refractivity contribution in [2.75, 3.05) is 5.32 Å². The molecule has 0 saturated carbocycles. The van der Waals surface area contributed by atoms with Crippen molar-refractivity contribution >= 4 is 17.6 Å². The first kappa shape index (κ1) is 14.4. The second kappa shape index (κ2) is 5.15. The van der Waals surface area contributed by atoms with E-state index in [1.165, 1.54) is 18.2 Å². The summed E-state index contributed by atoms with van der Waals surface area (Å²) in [6, 6.07) is 4.18. The Kier molecular flexibility index (Phi) is 3.69. The van der Waals surface area contributed by atoms with Gasteiger partial charge in [-0.2, -0.15) is 13.2 Å². The van der Waals surface area contributed by atoms with Crippen molar-refractivity contribution < 1.29 is 27.9 Å². The molecule has 0 saturated heterocycles. The third-order valence-electron chi connectivity index (χ3n) is 3.27. The molecule has 1 atom stereocenters. The van der Waals surface area contributed by atoms with Crippen LogP contribution in [0, 0.1) is 0 Å². The fourth-order valence-electron chi connectivity index (χ4n) is 2.35. The van der Waals surface area contributed by atoms with Crippen LogP contribution in [-0.4, -0.2) is 23.2 Å². The lowest BCUT2D eigenvalue weighted by atomic mass is 9.82. The Morgan fingerprint density at radius 2 is 2.00 bits per heavy atom. The molecule has 108 valence electrons. The molecule has 0 aromatic heterocycles. The van der Waals surface area contributed by atoms with E-state index in [4.69, 9.17) is 5.11 Å². The summed E-state index contributed by atoms with van der Waals surface area (Å²) in [5, 5.41) is 10.9. The Labute approximate surface area is 112 Å². The maximum Gasteiger partial charge on any atom is 0.471 e. The highest BCUT2D eigenvalue weighted by atomic mass is 19.4. The quantitative estimate of drug-likeness (QED) is 0.879. The number of alkyl halides is 3. The smallest absolute Gasteiger partial charge is 0.471 e. The highest BCUT2D eigenvalue weighted by molar-refractivity contribution is 5.95. The van der Waals surface area contributed by atoms with Crippen LogP contribution in [0.1, 0.15) is 29.9 Å². The van der Waals surface area contributed by atoms with E-state index in [1.54, 1.807) is 5.32 Å². The van der Waals surface area contributed by atoms with E-state index in [1.807, 2.05) is 0 Å². The van der Waals surface area contributed by atoms with E-state index in [-0.39, 0.29) is 5.69 Å². The number of hydrogen-bond donors (Lipinski definition) is 2. The lowest BCUT2D eigenvalue weighted by Crippen LogP contribution is -2.30. The lowest BCUT2D eigenvalue weighted by Gasteiger charge is -2.23. The number of hydrogen-bond acceptors (Lipinski definition) is 2. The van der Waals surface area contributed by atoms with Crippen LogP contribution in [0.25, 0.3) is 0 Å². The number of carboxylic acid groups (broad SMARTS) is 1. The van der Waals surface area contributed by atoms with Gasteiger partial charge in [-0.05, 0) is 42.5 Å². The number of carbonyl (C=O) groups excluding carboxylic acids is 1. The van der Waals surface area contributed by atoms with Gasteiger partial charge < -0.3 is 10.4 Å². The fourth-order valence-corrected chi connectivity index (χ4v) is 2.35. The second-order valence-electron chi connectivity index (χ2n) is 4.65. The zero-order valence-corrected chi connectivity index (χ0v) is 10.3. The first-order chi connectivity index (χ1) is 9.29. The Hall–Kier alpha value is -2.05. The van der Waals surface area contributed by atoms with Crippen molar-refractivity contribution in [1.82, 2.24) is 0 Å². The summed E-state index contributed by atoms with van der Waals surface area (Å²) in [5.74, 6) is -3.62. The molecule has 0 spiro atoms. The number of aliphatic carboxylic acids is 1. The molecule has 7 heteroatoms. The molecule has 0 aliphatic heterocycles. The summed E-state index contributed by atoms with van der Waals surface area (Å²) in [4.78, 5) is 21.9. The summed E-state index contributed by atoms with van der Waals surface area (Å²) in [6.07, 6.45) is -3.19. The zero-order chi connectivity index (χ0) is 14.9. The van der Waals surface area contributed by atoms with Crippen LogP contribution in [0.3, 0.4) is 0 Å². The summed E-state index contributed by atoms with van der Waals surface area (Å²) in [7, 11) is 0. The number of benzene rings is 1. The van der Waals surface area contributed by atoms with Gasteiger partial charge in [-0.25, -0.2) is 0 Å². The number of carbonyl (C=O) groups is 2. The Balaban J connectivity index is 2.24. The van der Waals surface area contributed by atoms with Gasteiger partial charge in [0, 0.05) is 5.69 Å². The molecular formula is C13H12F3NO3. The van der Waals surface area contributed by atoms with E-state index in [0.717, 1.165) is 0 Å². The average Bonchev–Trinajstić information content (AvgIpc) is 2.36. The van der Waals surface area contributed by atoms with Crippen LogP contribution >= 0.6 is 0 Å². The fraction of sp³-hybridized carbons (Fsp3) is 0.385. The largest absolute Gasteiger partial charge is 0.481 e. The van der Waals surface area contributed by atoms with Crippen molar-refractivity contribution in [3.63, 3.8) is 0 Å². The van der Waals surface area contributed by atoms with E-state index in [2.05, 4.69) is 0 Å². The molecule has 0 fully saturated rings. The minimum Gasteiger partial charge on any atom is -0.481 e. The van der Waals surface area contributed by atoms with E-state index in [0.29, 0.717) is 30.4 Å². The van der Waals surface area contributed by atoms with Crippen LogP contribution < -0.4 is 5.32 Å². The zero-order valence-electron chi connectivity index (χ0n) is 10.3. The van der Waals surface area contributed by atoms with Crippen LogP contribution in [-0.2, 0) is 16.0 Å². The summed E-state index contributed by atoms with van der Waals surface area (Å²) in [6.45, 7) is 0. The Morgan fingerprint density at radius 1 is 1.30 bits per heavy atom. The number of amides is 1. The first-order valence-corrected chi connectivity index (χ1v) is 6.03. The van der Waals surface area contributed by atoms with Crippen LogP contribution in [0.5, 0.6) is 0 Å². The van der Waals surface area contributed by atoms with Crippen LogP contribution in [0.4, 0.5) is 18.9 Å². The summed E-state index contributed by atoms with van der Waals surface area (Å²) in [5.41, 5.74) is 1.30. The normalized spacial score (nSPS) is 18.2. The van der Waals surface area contributed by atoms with E-state index < -0.39 is 24.0 Å². The standard InChI is InChI=1S/C13H12F3NO3/c14-13(15,16)12(20)17-8-4-5-9-7(6-8)2-1-3-10(9)11(18)19/h4-6,10H,1-3H2,(H,17,20)(H,18,19). The van der Waals surface area contributed by atoms with Crippen LogP contribution in [0.15, 0.2) is 18.2 Å².